The van der Waals surface area contributed by atoms with Gasteiger partial charge in [0.15, 0.2) is 0 Å². The fraction of sp³-hybridized carbons (Fsp3) is 0.667. The highest BCUT2D eigenvalue weighted by molar-refractivity contribution is 5.90. The Morgan fingerprint density at radius 2 is 2.00 bits per heavy atom. The average molecular weight is 265 g/mol. The van der Waals surface area contributed by atoms with Crippen LogP contribution in [-0.4, -0.2) is 40.1 Å². The quantitative estimate of drug-likeness (QED) is 0.639. The van der Waals surface area contributed by atoms with E-state index in [2.05, 4.69) is 25.8 Å². The van der Waals surface area contributed by atoms with Gasteiger partial charge in [-0.1, -0.05) is 13.8 Å². The van der Waals surface area contributed by atoms with Crippen LogP contribution >= 0.6 is 0 Å². The largest absolute Gasteiger partial charge is 0.354 e. The lowest BCUT2D eigenvalue weighted by Crippen LogP contribution is -2.35. The summed E-state index contributed by atoms with van der Waals surface area (Å²) in [5, 5.41) is 12.0. The van der Waals surface area contributed by atoms with Crippen molar-refractivity contribution in [1.29, 1.82) is 0 Å². The predicted molar refractivity (Wildman–Crippen MR) is 68.5 cm³/mol. The summed E-state index contributed by atoms with van der Waals surface area (Å²) in [6, 6.07) is 0. The lowest BCUT2D eigenvalue weighted by molar-refractivity contribution is -0.122. The smallest absolute Gasteiger partial charge is 0.291 e. The summed E-state index contributed by atoms with van der Waals surface area (Å²) >= 11 is 0. The number of nitrogens with zero attached hydrogens (tertiary/aromatic N) is 2. The van der Waals surface area contributed by atoms with Gasteiger partial charge in [0.1, 0.15) is 5.82 Å². The van der Waals surface area contributed by atoms with Crippen LogP contribution in [0.1, 0.15) is 49.1 Å². The SMILES string of the molecule is CC(C)c1nc(C(=O)NCCNC(=O)C2CC2)n[nH]1. The monoisotopic (exact) mass is 265 g/mol. The second-order valence-electron chi connectivity index (χ2n) is 5.02. The predicted octanol–water partition coefficient (Wildman–Crippen LogP) is 0.184. The lowest BCUT2D eigenvalue weighted by atomic mass is 10.2. The Morgan fingerprint density at radius 3 is 2.58 bits per heavy atom. The van der Waals surface area contributed by atoms with E-state index in [0.717, 1.165) is 12.8 Å². The molecule has 0 spiro atoms. The molecule has 1 heterocycles. The van der Waals surface area contributed by atoms with Gasteiger partial charge in [-0.15, -0.1) is 5.10 Å². The number of hydrogen-bond acceptors (Lipinski definition) is 4. The maximum Gasteiger partial charge on any atom is 0.291 e. The van der Waals surface area contributed by atoms with Crippen LogP contribution in [0.5, 0.6) is 0 Å². The highest BCUT2D eigenvalue weighted by Crippen LogP contribution is 2.28. The normalized spacial score (nSPS) is 14.5. The Morgan fingerprint density at radius 1 is 1.32 bits per heavy atom. The first kappa shape index (κ1) is 13.5. The number of H-pyrrole nitrogens is 1. The number of carbonyl (C=O) groups is 2. The molecule has 7 heteroatoms. The molecule has 0 aromatic carbocycles. The topological polar surface area (TPSA) is 99.8 Å². The molecule has 1 aliphatic rings. The van der Waals surface area contributed by atoms with Crippen molar-refractivity contribution in [3.63, 3.8) is 0 Å². The Hall–Kier alpha value is -1.92. The van der Waals surface area contributed by atoms with Gasteiger partial charge in [-0.05, 0) is 12.8 Å². The van der Waals surface area contributed by atoms with Gasteiger partial charge >= 0.3 is 0 Å². The first-order valence-electron chi connectivity index (χ1n) is 6.56. The standard InChI is InChI=1S/C12H19N5O2/c1-7(2)9-15-10(17-16-9)12(19)14-6-5-13-11(18)8-3-4-8/h7-8H,3-6H2,1-2H3,(H,13,18)(H,14,19)(H,15,16,17). The van der Waals surface area contributed by atoms with Crippen LogP contribution in [0.15, 0.2) is 0 Å². The van der Waals surface area contributed by atoms with Gasteiger partial charge < -0.3 is 10.6 Å². The first-order valence-corrected chi connectivity index (χ1v) is 6.56. The molecule has 0 atom stereocenters. The molecule has 1 aromatic rings. The van der Waals surface area contributed by atoms with E-state index in [1.54, 1.807) is 0 Å². The van der Waals surface area contributed by atoms with Crippen LogP contribution in [0.4, 0.5) is 0 Å². The maximum atomic E-state index is 11.7. The minimum Gasteiger partial charge on any atom is -0.354 e. The second kappa shape index (κ2) is 5.81. The van der Waals surface area contributed by atoms with Crippen molar-refractivity contribution in [2.24, 2.45) is 5.92 Å². The maximum absolute atomic E-state index is 11.7. The summed E-state index contributed by atoms with van der Waals surface area (Å²) < 4.78 is 0. The molecule has 0 radical (unpaired) electrons. The van der Waals surface area contributed by atoms with E-state index < -0.39 is 0 Å². The van der Waals surface area contributed by atoms with E-state index in [4.69, 9.17) is 0 Å². The molecule has 0 saturated heterocycles. The van der Waals surface area contributed by atoms with Gasteiger partial charge in [-0.2, -0.15) is 0 Å². The van der Waals surface area contributed by atoms with Crippen LogP contribution < -0.4 is 10.6 Å². The highest BCUT2D eigenvalue weighted by atomic mass is 16.2. The molecule has 104 valence electrons. The van der Waals surface area contributed by atoms with Gasteiger partial charge in [0, 0.05) is 24.9 Å². The lowest BCUT2D eigenvalue weighted by Gasteiger charge is -2.04. The van der Waals surface area contributed by atoms with Crippen LogP contribution in [0.25, 0.3) is 0 Å². The van der Waals surface area contributed by atoms with Gasteiger partial charge in [-0.3, -0.25) is 14.7 Å². The number of amides is 2. The summed E-state index contributed by atoms with van der Waals surface area (Å²) in [6.07, 6.45) is 1.96. The number of aromatic amines is 1. The summed E-state index contributed by atoms with van der Waals surface area (Å²) in [5.41, 5.74) is 0. The van der Waals surface area contributed by atoms with Crippen molar-refractivity contribution in [1.82, 2.24) is 25.8 Å². The first-order chi connectivity index (χ1) is 9.08. The molecule has 19 heavy (non-hydrogen) atoms. The highest BCUT2D eigenvalue weighted by Gasteiger charge is 2.29. The van der Waals surface area contributed by atoms with Gasteiger partial charge in [0.25, 0.3) is 5.91 Å². The molecule has 1 saturated carbocycles. The van der Waals surface area contributed by atoms with Crippen molar-refractivity contribution in [3.05, 3.63) is 11.6 Å². The van der Waals surface area contributed by atoms with Crippen molar-refractivity contribution in [2.75, 3.05) is 13.1 Å². The number of carbonyl (C=O) groups excluding carboxylic acids is 2. The van der Waals surface area contributed by atoms with E-state index in [1.807, 2.05) is 13.8 Å². The molecule has 3 N–H and O–H groups in total. The molecule has 1 fully saturated rings. The average Bonchev–Trinajstić information content (AvgIpc) is 3.10. The number of aromatic nitrogens is 3. The Kier molecular flexibility index (Phi) is 4.13. The Bertz CT molecular complexity index is 464. The van der Waals surface area contributed by atoms with Crippen LogP contribution in [0.3, 0.4) is 0 Å². The van der Waals surface area contributed by atoms with E-state index in [9.17, 15) is 9.59 Å². The summed E-state index contributed by atoms with van der Waals surface area (Å²) in [5.74, 6) is 0.964. The third-order valence-electron chi connectivity index (χ3n) is 2.91. The molecule has 2 amide bonds. The fourth-order valence-electron chi connectivity index (χ4n) is 1.56. The number of nitrogens with one attached hydrogen (secondary N) is 3. The number of rotatable bonds is 6. The summed E-state index contributed by atoms with van der Waals surface area (Å²) in [6.45, 7) is 4.75. The minimum absolute atomic E-state index is 0.0780. The van der Waals surface area contributed by atoms with Crippen molar-refractivity contribution in [2.45, 2.75) is 32.6 Å². The second-order valence-corrected chi connectivity index (χ2v) is 5.02. The third kappa shape index (κ3) is 3.77. The zero-order valence-electron chi connectivity index (χ0n) is 11.2. The molecule has 2 rings (SSSR count). The van der Waals surface area contributed by atoms with Crippen molar-refractivity contribution in [3.8, 4) is 0 Å². The van der Waals surface area contributed by atoms with Gasteiger partial charge in [0.05, 0.1) is 0 Å². The van der Waals surface area contributed by atoms with E-state index in [0.29, 0.717) is 18.9 Å². The molecule has 1 aliphatic carbocycles. The molecule has 1 aromatic heterocycles. The van der Waals surface area contributed by atoms with Gasteiger partial charge in [-0.25, -0.2) is 4.98 Å². The molecule has 0 unspecified atom stereocenters. The van der Waals surface area contributed by atoms with Crippen LogP contribution in [-0.2, 0) is 4.79 Å². The van der Waals surface area contributed by atoms with E-state index >= 15 is 0 Å². The Balaban J connectivity index is 1.69. The zero-order valence-corrected chi connectivity index (χ0v) is 11.2. The van der Waals surface area contributed by atoms with Crippen LogP contribution in [0.2, 0.25) is 0 Å². The zero-order chi connectivity index (χ0) is 13.8. The van der Waals surface area contributed by atoms with E-state index in [1.165, 1.54) is 0 Å². The summed E-state index contributed by atoms with van der Waals surface area (Å²) in [4.78, 5) is 27.1. The third-order valence-corrected chi connectivity index (χ3v) is 2.91. The number of hydrogen-bond donors (Lipinski definition) is 3. The van der Waals surface area contributed by atoms with Gasteiger partial charge in [0.2, 0.25) is 11.7 Å². The molecule has 7 nitrogen and oxygen atoms in total. The molecular formula is C12H19N5O2. The van der Waals surface area contributed by atoms with Crippen LogP contribution in [0, 0.1) is 5.92 Å². The van der Waals surface area contributed by atoms with E-state index in [-0.39, 0.29) is 29.5 Å². The fourth-order valence-corrected chi connectivity index (χ4v) is 1.56. The molecular weight excluding hydrogens is 246 g/mol. The minimum atomic E-state index is -0.330. The Labute approximate surface area is 111 Å². The molecule has 0 bridgehead atoms. The molecule has 0 aliphatic heterocycles. The summed E-state index contributed by atoms with van der Waals surface area (Å²) in [7, 11) is 0. The van der Waals surface area contributed by atoms with Crippen molar-refractivity contribution >= 4 is 11.8 Å². The van der Waals surface area contributed by atoms with Crippen molar-refractivity contribution < 1.29 is 9.59 Å².